The lowest BCUT2D eigenvalue weighted by Gasteiger charge is -2.19. The number of nitrogens with one attached hydrogen (secondary N) is 1. The van der Waals surface area contributed by atoms with Gasteiger partial charge in [-0.1, -0.05) is 18.2 Å². The van der Waals surface area contributed by atoms with Gasteiger partial charge < -0.3 is 14.5 Å². The Labute approximate surface area is 154 Å². The minimum Gasteiger partial charge on any atom is -0.496 e. The van der Waals surface area contributed by atoms with Gasteiger partial charge in [0.15, 0.2) is 5.54 Å². The predicted octanol–water partition coefficient (Wildman–Crippen LogP) is 3.55. The molecule has 1 fully saturated rings. The summed E-state index contributed by atoms with van der Waals surface area (Å²) in [4.78, 5) is 26.6. The fourth-order valence-electron chi connectivity index (χ4n) is 3.28. The normalized spacial score (nSPS) is 19.6. The zero-order valence-electron chi connectivity index (χ0n) is 14.8. The number of imide groups is 1. The molecule has 0 spiro atoms. The van der Waals surface area contributed by atoms with Crippen molar-refractivity contribution in [3.63, 3.8) is 0 Å². The molecule has 27 heavy (non-hydrogen) atoms. The molecule has 1 aliphatic rings. The molecule has 1 aliphatic heterocycles. The highest BCUT2D eigenvalue weighted by molar-refractivity contribution is 6.07. The average molecular weight is 368 g/mol. The number of hydrogen-bond acceptors (Lipinski definition) is 4. The van der Waals surface area contributed by atoms with Crippen LogP contribution in [0.5, 0.6) is 5.75 Å². The van der Waals surface area contributed by atoms with Crippen LogP contribution in [0, 0.1) is 5.82 Å². The largest absolute Gasteiger partial charge is 0.496 e. The second-order valence-electron chi connectivity index (χ2n) is 6.55. The Balaban J connectivity index is 1.68. The zero-order valence-corrected chi connectivity index (χ0v) is 14.8. The maximum absolute atomic E-state index is 13.6. The van der Waals surface area contributed by atoms with Gasteiger partial charge >= 0.3 is 6.03 Å². The number of amides is 3. The third-order valence-corrected chi connectivity index (χ3v) is 4.76. The SMILES string of the molecule is COc1ccc(F)cc1CN1C(=O)NC(C)(c2cc3ccccc3o2)C1=O. The van der Waals surface area contributed by atoms with Crippen molar-refractivity contribution in [2.75, 3.05) is 7.11 Å². The highest BCUT2D eigenvalue weighted by atomic mass is 19.1. The molecule has 4 rings (SSSR count). The number of para-hydroxylation sites is 1. The Morgan fingerprint density at radius 2 is 1.96 bits per heavy atom. The highest BCUT2D eigenvalue weighted by Crippen LogP contribution is 2.34. The van der Waals surface area contributed by atoms with E-state index in [-0.39, 0.29) is 6.54 Å². The van der Waals surface area contributed by atoms with Crippen LogP contribution in [0.3, 0.4) is 0 Å². The molecule has 1 saturated heterocycles. The summed E-state index contributed by atoms with van der Waals surface area (Å²) in [5, 5.41) is 3.52. The molecule has 1 N–H and O–H groups in total. The number of ether oxygens (including phenoxy) is 1. The summed E-state index contributed by atoms with van der Waals surface area (Å²) in [6.45, 7) is 1.48. The molecule has 2 heterocycles. The third kappa shape index (κ3) is 2.71. The van der Waals surface area contributed by atoms with E-state index < -0.39 is 23.3 Å². The predicted molar refractivity (Wildman–Crippen MR) is 95.6 cm³/mol. The van der Waals surface area contributed by atoms with E-state index >= 15 is 0 Å². The summed E-state index contributed by atoms with van der Waals surface area (Å²) >= 11 is 0. The first kappa shape index (κ1) is 17.1. The van der Waals surface area contributed by atoms with Gasteiger partial charge in [-0.2, -0.15) is 0 Å². The van der Waals surface area contributed by atoms with E-state index in [1.54, 1.807) is 19.1 Å². The van der Waals surface area contributed by atoms with Crippen molar-refractivity contribution in [1.29, 1.82) is 0 Å². The van der Waals surface area contributed by atoms with Gasteiger partial charge in [-0.25, -0.2) is 9.18 Å². The molecule has 1 aromatic heterocycles. The molecule has 1 unspecified atom stereocenters. The van der Waals surface area contributed by atoms with E-state index in [1.165, 1.54) is 25.3 Å². The van der Waals surface area contributed by atoms with Crippen molar-refractivity contribution < 1.29 is 23.1 Å². The summed E-state index contributed by atoms with van der Waals surface area (Å²) in [5.41, 5.74) is -0.313. The zero-order chi connectivity index (χ0) is 19.2. The van der Waals surface area contributed by atoms with Gasteiger partial charge in [0, 0.05) is 10.9 Å². The molecule has 0 bridgehead atoms. The smallest absolute Gasteiger partial charge is 0.325 e. The number of carbonyl (C=O) groups excluding carboxylic acids is 2. The molecule has 6 nitrogen and oxygen atoms in total. The van der Waals surface area contributed by atoms with Crippen molar-refractivity contribution in [1.82, 2.24) is 10.2 Å². The lowest BCUT2D eigenvalue weighted by Crippen LogP contribution is -2.40. The van der Waals surface area contributed by atoms with Crippen molar-refractivity contribution >= 4 is 22.9 Å². The number of fused-ring (bicyclic) bond motifs is 1. The molecule has 3 amide bonds. The first-order chi connectivity index (χ1) is 12.9. The number of nitrogens with zero attached hydrogens (tertiary/aromatic N) is 1. The second kappa shape index (κ2) is 6.12. The summed E-state index contributed by atoms with van der Waals surface area (Å²) in [5.74, 6) is -0.208. The molecule has 0 saturated carbocycles. The molecular formula is C20H17FN2O4. The monoisotopic (exact) mass is 368 g/mol. The Hall–Kier alpha value is -3.35. The quantitative estimate of drug-likeness (QED) is 0.715. The van der Waals surface area contributed by atoms with E-state index in [4.69, 9.17) is 9.15 Å². The summed E-state index contributed by atoms with van der Waals surface area (Å²) in [6.07, 6.45) is 0. The van der Waals surface area contributed by atoms with Crippen molar-refractivity contribution in [3.8, 4) is 5.75 Å². The van der Waals surface area contributed by atoms with Gasteiger partial charge in [-0.05, 0) is 37.3 Å². The van der Waals surface area contributed by atoms with E-state index in [2.05, 4.69) is 5.32 Å². The minimum atomic E-state index is -1.34. The van der Waals surface area contributed by atoms with Crippen LogP contribution >= 0.6 is 0 Å². The number of rotatable bonds is 4. The molecule has 7 heteroatoms. The van der Waals surface area contributed by atoms with Crippen LogP contribution in [-0.4, -0.2) is 23.9 Å². The van der Waals surface area contributed by atoms with E-state index in [0.29, 0.717) is 22.7 Å². The van der Waals surface area contributed by atoms with Crippen molar-refractivity contribution in [2.45, 2.75) is 19.0 Å². The first-order valence-electron chi connectivity index (χ1n) is 8.38. The van der Waals surface area contributed by atoms with Crippen molar-refractivity contribution in [3.05, 3.63) is 65.7 Å². The number of urea groups is 1. The minimum absolute atomic E-state index is 0.110. The molecule has 138 valence electrons. The molecule has 0 radical (unpaired) electrons. The average Bonchev–Trinajstić information content (AvgIpc) is 3.18. The fraction of sp³-hybridized carbons (Fsp3) is 0.200. The number of furan rings is 1. The summed E-state index contributed by atoms with van der Waals surface area (Å²) in [6, 6.07) is 12.5. The second-order valence-corrected chi connectivity index (χ2v) is 6.55. The first-order valence-corrected chi connectivity index (χ1v) is 8.38. The van der Waals surface area contributed by atoms with Crippen LogP contribution in [0.1, 0.15) is 18.2 Å². The van der Waals surface area contributed by atoms with Crippen LogP contribution in [-0.2, 0) is 16.9 Å². The number of carbonyl (C=O) groups is 2. The van der Waals surface area contributed by atoms with E-state index in [0.717, 1.165) is 10.3 Å². The van der Waals surface area contributed by atoms with Gasteiger partial charge in [0.25, 0.3) is 5.91 Å². The fourth-order valence-corrected chi connectivity index (χ4v) is 3.28. The van der Waals surface area contributed by atoms with Crippen LogP contribution in [0.2, 0.25) is 0 Å². The molecule has 3 aromatic rings. The third-order valence-electron chi connectivity index (χ3n) is 4.76. The molecular weight excluding hydrogens is 351 g/mol. The highest BCUT2D eigenvalue weighted by Gasteiger charge is 2.51. The Morgan fingerprint density at radius 1 is 1.19 bits per heavy atom. The van der Waals surface area contributed by atoms with Crippen LogP contribution < -0.4 is 10.1 Å². The van der Waals surface area contributed by atoms with Gasteiger partial charge in [0.05, 0.1) is 13.7 Å². The summed E-state index contributed by atoms with van der Waals surface area (Å²) < 4.78 is 24.6. The maximum atomic E-state index is 13.6. The molecule has 2 aromatic carbocycles. The van der Waals surface area contributed by atoms with Gasteiger partial charge in [0.2, 0.25) is 0 Å². The Kier molecular flexibility index (Phi) is 3.87. The lowest BCUT2D eigenvalue weighted by atomic mass is 9.98. The number of benzene rings is 2. The Bertz CT molecular complexity index is 1030. The van der Waals surface area contributed by atoms with Gasteiger partial charge in [0.1, 0.15) is 22.9 Å². The van der Waals surface area contributed by atoms with Crippen molar-refractivity contribution in [2.24, 2.45) is 0 Å². The van der Waals surface area contributed by atoms with Crippen LogP contribution in [0.15, 0.2) is 52.9 Å². The van der Waals surface area contributed by atoms with E-state index in [9.17, 15) is 14.0 Å². The Morgan fingerprint density at radius 3 is 2.70 bits per heavy atom. The van der Waals surface area contributed by atoms with Gasteiger partial charge in [-0.3, -0.25) is 9.69 Å². The molecule has 0 aliphatic carbocycles. The molecule has 1 atom stereocenters. The topological polar surface area (TPSA) is 71.8 Å². The van der Waals surface area contributed by atoms with Crippen LogP contribution in [0.4, 0.5) is 9.18 Å². The number of halogens is 1. The van der Waals surface area contributed by atoms with Crippen LogP contribution in [0.25, 0.3) is 11.0 Å². The number of hydrogen-bond donors (Lipinski definition) is 1. The maximum Gasteiger partial charge on any atom is 0.325 e. The standard InChI is InChI=1S/C20H17FN2O4/c1-20(17-10-12-5-3-4-6-16(12)27-17)18(24)23(19(25)22-20)11-13-9-14(21)7-8-15(13)26-2/h3-10H,11H2,1-2H3,(H,22,25). The summed E-state index contributed by atoms with van der Waals surface area (Å²) in [7, 11) is 1.45. The van der Waals surface area contributed by atoms with Gasteiger partial charge in [-0.15, -0.1) is 0 Å². The number of methoxy groups -OCH3 is 1. The lowest BCUT2D eigenvalue weighted by molar-refractivity contribution is -0.132. The van der Waals surface area contributed by atoms with E-state index in [1.807, 2.05) is 18.2 Å².